The van der Waals surface area contributed by atoms with Crippen molar-refractivity contribution in [2.75, 3.05) is 21.7 Å². The lowest BCUT2D eigenvalue weighted by Gasteiger charge is -2.20. The van der Waals surface area contributed by atoms with Crippen molar-refractivity contribution >= 4 is 34.7 Å². The maximum atomic E-state index is 12.9. The summed E-state index contributed by atoms with van der Waals surface area (Å²) in [6.07, 6.45) is 3.11. The van der Waals surface area contributed by atoms with Crippen molar-refractivity contribution in [1.82, 2.24) is 9.97 Å². The first-order chi connectivity index (χ1) is 15.9. The summed E-state index contributed by atoms with van der Waals surface area (Å²) in [6, 6.07) is 10.8. The molecule has 2 amide bonds. The SMILES string of the molecule is Cc1ncc(NC(=O)c2cc(N)cc(C(C)(C)C)c2)cc1C(=O)Nc1ccc(NC(C)C)nc1. The molecule has 0 spiro atoms. The van der Waals surface area contributed by atoms with Gasteiger partial charge in [-0.25, -0.2) is 4.98 Å². The van der Waals surface area contributed by atoms with Crippen LogP contribution in [0.4, 0.5) is 22.9 Å². The Morgan fingerprint density at radius 2 is 1.59 bits per heavy atom. The zero-order valence-corrected chi connectivity index (χ0v) is 20.5. The summed E-state index contributed by atoms with van der Waals surface area (Å²) in [7, 11) is 0. The number of carbonyl (C=O) groups excluding carboxylic acids is 2. The zero-order chi connectivity index (χ0) is 25.0. The summed E-state index contributed by atoms with van der Waals surface area (Å²) >= 11 is 0. The van der Waals surface area contributed by atoms with Gasteiger partial charge in [-0.3, -0.25) is 14.6 Å². The number of anilines is 4. The van der Waals surface area contributed by atoms with Gasteiger partial charge >= 0.3 is 0 Å². The van der Waals surface area contributed by atoms with Crippen LogP contribution in [-0.4, -0.2) is 27.8 Å². The zero-order valence-electron chi connectivity index (χ0n) is 20.5. The fraction of sp³-hybridized carbons (Fsp3) is 0.308. The Bertz CT molecular complexity index is 1200. The standard InChI is InChI=1S/C26H32N6O2/c1-15(2)30-23-8-7-20(13-29-23)31-25(34)22-12-21(14-28-16(22)3)32-24(33)17-9-18(26(4,5)6)11-19(27)10-17/h7-15H,27H2,1-6H3,(H,29,30)(H,31,34)(H,32,33). The van der Waals surface area contributed by atoms with Crippen molar-refractivity contribution in [1.29, 1.82) is 0 Å². The van der Waals surface area contributed by atoms with Gasteiger partial charge in [0, 0.05) is 17.3 Å². The molecule has 0 aliphatic heterocycles. The van der Waals surface area contributed by atoms with Gasteiger partial charge in [-0.15, -0.1) is 0 Å². The van der Waals surface area contributed by atoms with Gasteiger partial charge in [-0.2, -0.15) is 0 Å². The number of pyridine rings is 2. The smallest absolute Gasteiger partial charge is 0.257 e. The van der Waals surface area contributed by atoms with E-state index in [0.717, 1.165) is 11.4 Å². The number of hydrogen-bond donors (Lipinski definition) is 4. The molecule has 0 bridgehead atoms. The first-order valence-corrected chi connectivity index (χ1v) is 11.2. The molecule has 0 radical (unpaired) electrons. The molecule has 0 aliphatic carbocycles. The Balaban J connectivity index is 1.76. The summed E-state index contributed by atoms with van der Waals surface area (Å²) in [5.74, 6) is 0.0606. The Morgan fingerprint density at radius 1 is 0.912 bits per heavy atom. The van der Waals surface area contributed by atoms with E-state index in [9.17, 15) is 9.59 Å². The normalized spacial score (nSPS) is 11.3. The minimum atomic E-state index is -0.341. The molecule has 3 rings (SSSR count). The molecule has 2 aromatic heterocycles. The molecule has 0 aliphatic rings. The van der Waals surface area contributed by atoms with Crippen LogP contribution in [0.3, 0.4) is 0 Å². The van der Waals surface area contributed by atoms with Gasteiger partial charge in [-0.05, 0) is 68.1 Å². The predicted molar refractivity (Wildman–Crippen MR) is 137 cm³/mol. The van der Waals surface area contributed by atoms with Crippen LogP contribution in [0.15, 0.2) is 48.8 Å². The highest BCUT2D eigenvalue weighted by Gasteiger charge is 2.18. The summed E-state index contributed by atoms with van der Waals surface area (Å²) in [4.78, 5) is 34.4. The van der Waals surface area contributed by atoms with Crippen LogP contribution < -0.4 is 21.7 Å². The van der Waals surface area contributed by atoms with Crippen molar-refractivity contribution in [3.05, 3.63) is 71.2 Å². The summed E-state index contributed by atoms with van der Waals surface area (Å²) in [5, 5.41) is 8.84. The van der Waals surface area contributed by atoms with E-state index >= 15 is 0 Å². The first kappa shape index (κ1) is 24.7. The number of hydrogen-bond acceptors (Lipinski definition) is 6. The van der Waals surface area contributed by atoms with Gasteiger partial charge in [0.15, 0.2) is 0 Å². The van der Waals surface area contributed by atoms with Crippen LogP contribution in [0.2, 0.25) is 0 Å². The maximum absolute atomic E-state index is 12.9. The fourth-order valence-electron chi connectivity index (χ4n) is 3.30. The van der Waals surface area contributed by atoms with E-state index in [1.165, 1.54) is 6.20 Å². The van der Waals surface area contributed by atoms with Gasteiger partial charge < -0.3 is 21.7 Å². The third kappa shape index (κ3) is 6.31. The van der Waals surface area contributed by atoms with E-state index in [1.807, 2.05) is 26.0 Å². The van der Waals surface area contributed by atoms with Crippen LogP contribution in [0.5, 0.6) is 0 Å². The largest absolute Gasteiger partial charge is 0.399 e. The number of nitrogen functional groups attached to an aromatic ring is 1. The highest BCUT2D eigenvalue weighted by atomic mass is 16.2. The minimum Gasteiger partial charge on any atom is -0.399 e. The average Bonchev–Trinajstić information content (AvgIpc) is 2.75. The number of benzene rings is 1. The number of aryl methyl sites for hydroxylation is 1. The number of nitrogens with one attached hydrogen (secondary N) is 3. The molecule has 3 aromatic rings. The highest BCUT2D eigenvalue weighted by Crippen LogP contribution is 2.26. The van der Waals surface area contributed by atoms with Crippen molar-refractivity contribution in [3.8, 4) is 0 Å². The molecule has 1 aromatic carbocycles. The Labute approximate surface area is 200 Å². The van der Waals surface area contributed by atoms with E-state index in [-0.39, 0.29) is 23.3 Å². The molecule has 8 heteroatoms. The third-order valence-electron chi connectivity index (χ3n) is 5.13. The number of nitrogens with two attached hydrogens (primary N) is 1. The number of amides is 2. The Morgan fingerprint density at radius 3 is 2.21 bits per heavy atom. The van der Waals surface area contributed by atoms with E-state index in [0.29, 0.717) is 33.9 Å². The lowest BCUT2D eigenvalue weighted by Crippen LogP contribution is -2.18. The van der Waals surface area contributed by atoms with Crippen LogP contribution in [0.1, 0.15) is 66.6 Å². The second kappa shape index (κ2) is 9.91. The fourth-order valence-corrected chi connectivity index (χ4v) is 3.30. The molecule has 8 nitrogen and oxygen atoms in total. The first-order valence-electron chi connectivity index (χ1n) is 11.2. The Kier molecular flexibility index (Phi) is 7.20. The molecule has 0 saturated heterocycles. The minimum absolute atomic E-state index is 0.154. The van der Waals surface area contributed by atoms with Gasteiger partial charge in [0.05, 0.1) is 35.0 Å². The summed E-state index contributed by atoms with van der Waals surface area (Å²) < 4.78 is 0. The van der Waals surface area contributed by atoms with Gasteiger partial charge in [0.1, 0.15) is 5.82 Å². The van der Waals surface area contributed by atoms with Crippen molar-refractivity contribution in [2.24, 2.45) is 0 Å². The molecular formula is C26H32N6O2. The van der Waals surface area contributed by atoms with Crippen molar-refractivity contribution in [2.45, 2.75) is 53.0 Å². The third-order valence-corrected chi connectivity index (χ3v) is 5.13. The lowest BCUT2D eigenvalue weighted by atomic mass is 9.86. The van der Waals surface area contributed by atoms with Crippen LogP contribution in [-0.2, 0) is 5.41 Å². The molecule has 0 fully saturated rings. The van der Waals surface area contributed by atoms with Crippen LogP contribution in [0, 0.1) is 6.92 Å². The molecule has 0 unspecified atom stereocenters. The number of nitrogens with zero attached hydrogens (tertiary/aromatic N) is 2. The second-order valence-corrected chi connectivity index (χ2v) is 9.59. The van der Waals surface area contributed by atoms with Crippen molar-refractivity contribution in [3.63, 3.8) is 0 Å². The number of rotatable bonds is 6. The van der Waals surface area contributed by atoms with Gasteiger partial charge in [0.25, 0.3) is 11.8 Å². The maximum Gasteiger partial charge on any atom is 0.257 e. The second-order valence-electron chi connectivity index (χ2n) is 9.59. The van der Waals surface area contributed by atoms with Gasteiger partial charge in [-0.1, -0.05) is 20.8 Å². The number of carbonyl (C=O) groups is 2. The molecular weight excluding hydrogens is 428 g/mol. The molecule has 2 heterocycles. The van der Waals surface area contributed by atoms with E-state index < -0.39 is 0 Å². The molecule has 178 valence electrons. The van der Waals surface area contributed by atoms with E-state index in [1.54, 1.807) is 37.4 Å². The quantitative estimate of drug-likeness (QED) is 0.385. The monoisotopic (exact) mass is 460 g/mol. The lowest BCUT2D eigenvalue weighted by molar-refractivity contribution is 0.101. The average molecular weight is 461 g/mol. The van der Waals surface area contributed by atoms with E-state index in [2.05, 4.69) is 46.7 Å². The molecule has 0 atom stereocenters. The van der Waals surface area contributed by atoms with Crippen LogP contribution >= 0.6 is 0 Å². The number of aromatic nitrogens is 2. The molecule has 0 saturated carbocycles. The topological polar surface area (TPSA) is 122 Å². The van der Waals surface area contributed by atoms with Gasteiger partial charge in [0.2, 0.25) is 0 Å². The highest BCUT2D eigenvalue weighted by molar-refractivity contribution is 6.08. The van der Waals surface area contributed by atoms with Crippen LogP contribution in [0.25, 0.3) is 0 Å². The molecule has 34 heavy (non-hydrogen) atoms. The predicted octanol–water partition coefficient (Wildman–Crippen LogP) is 4.99. The summed E-state index contributed by atoms with van der Waals surface area (Å²) in [5.41, 5.74) is 9.65. The Hall–Kier alpha value is -3.94. The van der Waals surface area contributed by atoms with Crippen molar-refractivity contribution < 1.29 is 9.59 Å². The summed E-state index contributed by atoms with van der Waals surface area (Å²) in [6.45, 7) is 12.0. The van der Waals surface area contributed by atoms with E-state index in [4.69, 9.17) is 5.73 Å². The molecule has 5 N–H and O–H groups in total.